The Balaban J connectivity index is 1.61. The summed E-state index contributed by atoms with van der Waals surface area (Å²) in [7, 11) is 3.36. The molecule has 0 aliphatic carbocycles. The third-order valence-corrected chi connectivity index (χ3v) is 7.54. The van der Waals surface area contributed by atoms with Gasteiger partial charge in [-0.2, -0.15) is 0 Å². The van der Waals surface area contributed by atoms with Crippen LogP contribution < -0.4 is 15.5 Å². The largest absolute Gasteiger partial charge is 0.467 e. The van der Waals surface area contributed by atoms with Gasteiger partial charge in [-0.25, -0.2) is 9.59 Å². The molecule has 3 N–H and O–H groups in total. The predicted molar refractivity (Wildman–Crippen MR) is 168 cm³/mol. The second-order valence-electron chi connectivity index (χ2n) is 11.9. The number of amides is 2. The highest BCUT2D eigenvalue weighted by Gasteiger charge is 2.45. The molecule has 2 amide bonds. The van der Waals surface area contributed by atoms with Gasteiger partial charge in [-0.05, 0) is 37.5 Å². The second-order valence-corrected chi connectivity index (χ2v) is 11.9. The Bertz CT molecular complexity index is 1340. The normalized spacial score (nSPS) is 15.6. The first-order valence-electron chi connectivity index (χ1n) is 14.9. The summed E-state index contributed by atoms with van der Waals surface area (Å²) in [6, 6.07) is 30.3. The van der Waals surface area contributed by atoms with Gasteiger partial charge in [-0.1, -0.05) is 91.0 Å². The van der Waals surface area contributed by atoms with E-state index in [9.17, 15) is 14.4 Å². The number of ether oxygens (including phenoxy) is 2. The molecular weight excluding hydrogens is 556 g/mol. The molecule has 232 valence electrons. The predicted octanol–water partition coefficient (Wildman–Crippen LogP) is 3.57. The first-order chi connectivity index (χ1) is 21.0. The molecular formula is C35H43N4O5+. The van der Waals surface area contributed by atoms with E-state index in [0.717, 1.165) is 27.3 Å². The molecule has 1 aliphatic rings. The third-order valence-electron chi connectivity index (χ3n) is 7.54. The van der Waals surface area contributed by atoms with Gasteiger partial charge in [0.1, 0.15) is 22.9 Å². The number of methoxy groups -OCH3 is 1. The second kappa shape index (κ2) is 14.2. The highest BCUT2D eigenvalue weighted by Crippen LogP contribution is 2.43. The van der Waals surface area contributed by atoms with Crippen LogP contribution in [-0.2, 0) is 24.6 Å². The number of hydrogen-bond donors (Lipinski definition) is 3. The standard InChI is InChI=1S/C35H42N4O5/c1-34(2,3)44-33(42)36-22-21-31(40)37-30(32(41)43-5)23-29-24-39(25-38(29)4)35(26-15-9-6-10-16-26,27-17-11-7-12-18-27)28-19-13-8-14-20-28/h6-20,24,30H,21-23,25H2,1-5H3,(H,36,42)(H,37,40)/p+1/t30-/m0/s1. The van der Waals surface area contributed by atoms with Crippen LogP contribution in [0.4, 0.5) is 4.79 Å². The van der Waals surface area contributed by atoms with Crippen molar-refractivity contribution in [1.29, 1.82) is 0 Å². The Hall–Kier alpha value is -4.63. The van der Waals surface area contributed by atoms with Gasteiger partial charge in [0.05, 0.1) is 26.8 Å². The minimum absolute atomic E-state index is 0.0141. The molecule has 0 spiro atoms. The molecule has 1 heterocycles. The highest BCUT2D eigenvalue weighted by molar-refractivity contribution is 5.85. The Morgan fingerprint density at radius 2 is 1.36 bits per heavy atom. The van der Waals surface area contributed by atoms with E-state index in [2.05, 4.69) is 65.2 Å². The van der Waals surface area contributed by atoms with Crippen molar-refractivity contribution in [2.75, 3.05) is 27.4 Å². The lowest BCUT2D eigenvalue weighted by Crippen LogP contribution is -3.07. The van der Waals surface area contributed by atoms with Crippen molar-refractivity contribution in [3.63, 3.8) is 0 Å². The number of nitrogens with zero attached hydrogens (tertiary/aromatic N) is 1. The van der Waals surface area contributed by atoms with Crippen LogP contribution in [0.1, 0.15) is 50.3 Å². The van der Waals surface area contributed by atoms with Crippen molar-refractivity contribution in [2.24, 2.45) is 0 Å². The molecule has 0 fully saturated rings. The minimum atomic E-state index is -0.894. The first-order valence-corrected chi connectivity index (χ1v) is 14.9. The summed E-state index contributed by atoms with van der Waals surface area (Å²) in [5.41, 5.74) is 2.98. The summed E-state index contributed by atoms with van der Waals surface area (Å²) < 4.78 is 10.3. The average molecular weight is 600 g/mol. The molecule has 2 atom stereocenters. The average Bonchev–Trinajstić information content (AvgIpc) is 3.37. The maximum atomic E-state index is 12.8. The van der Waals surface area contributed by atoms with E-state index in [1.165, 1.54) is 7.11 Å². The van der Waals surface area contributed by atoms with Crippen LogP contribution in [0.5, 0.6) is 0 Å². The SMILES string of the molecule is COC(=O)[C@H](CC1=CN(C(c2ccccc2)(c2ccccc2)c2ccccc2)C[NH+]1C)NC(=O)CCNC(=O)OC(C)(C)C. The van der Waals surface area contributed by atoms with Gasteiger partial charge in [-0.15, -0.1) is 0 Å². The van der Waals surface area contributed by atoms with E-state index in [4.69, 9.17) is 9.47 Å². The summed E-state index contributed by atoms with van der Waals surface area (Å²) in [5, 5.41) is 5.38. The van der Waals surface area contributed by atoms with Crippen molar-refractivity contribution in [3.05, 3.63) is 120 Å². The van der Waals surface area contributed by atoms with Crippen LogP contribution in [0.25, 0.3) is 0 Å². The molecule has 4 rings (SSSR count). The Morgan fingerprint density at radius 3 is 1.82 bits per heavy atom. The summed E-state index contributed by atoms with van der Waals surface area (Å²) >= 11 is 0. The zero-order valence-electron chi connectivity index (χ0n) is 26.1. The molecule has 0 saturated heterocycles. The summed E-state index contributed by atoms with van der Waals surface area (Å²) in [6.07, 6.45) is 1.75. The van der Waals surface area contributed by atoms with Gasteiger partial charge in [-0.3, -0.25) is 9.69 Å². The number of benzene rings is 3. The molecule has 0 aromatic heterocycles. The van der Waals surface area contributed by atoms with E-state index >= 15 is 0 Å². The number of hydrogen-bond acceptors (Lipinski definition) is 6. The molecule has 3 aromatic carbocycles. The molecule has 1 unspecified atom stereocenters. The lowest BCUT2D eigenvalue weighted by atomic mass is 9.76. The van der Waals surface area contributed by atoms with E-state index in [1.807, 2.05) is 54.6 Å². The number of quaternary nitrogens is 1. The number of rotatable bonds is 11. The minimum Gasteiger partial charge on any atom is -0.467 e. The zero-order chi connectivity index (χ0) is 31.7. The van der Waals surface area contributed by atoms with Gasteiger partial charge in [0.15, 0.2) is 6.67 Å². The van der Waals surface area contributed by atoms with Crippen LogP contribution in [0, 0.1) is 0 Å². The highest BCUT2D eigenvalue weighted by atomic mass is 16.6. The summed E-state index contributed by atoms with van der Waals surface area (Å²) in [6.45, 7) is 5.99. The molecule has 1 aliphatic heterocycles. The van der Waals surface area contributed by atoms with E-state index < -0.39 is 29.2 Å². The van der Waals surface area contributed by atoms with Gasteiger partial charge in [0, 0.05) is 13.0 Å². The molecule has 3 aromatic rings. The monoisotopic (exact) mass is 599 g/mol. The maximum absolute atomic E-state index is 12.8. The number of carbonyl (C=O) groups is 3. The zero-order valence-corrected chi connectivity index (χ0v) is 26.1. The van der Waals surface area contributed by atoms with Gasteiger partial charge in [0.2, 0.25) is 5.91 Å². The van der Waals surface area contributed by atoms with Crippen LogP contribution in [-0.4, -0.2) is 61.9 Å². The van der Waals surface area contributed by atoms with E-state index in [0.29, 0.717) is 6.67 Å². The number of alkyl carbamates (subject to hydrolysis) is 1. The number of nitrogens with one attached hydrogen (secondary N) is 3. The summed E-state index contributed by atoms with van der Waals surface area (Å²) in [5.74, 6) is -0.914. The molecule has 0 bridgehead atoms. The fourth-order valence-electron chi connectivity index (χ4n) is 5.59. The van der Waals surface area contributed by atoms with Crippen LogP contribution in [0.3, 0.4) is 0 Å². The lowest BCUT2D eigenvalue weighted by molar-refractivity contribution is -0.843. The quantitative estimate of drug-likeness (QED) is 0.230. The van der Waals surface area contributed by atoms with Crippen molar-refractivity contribution >= 4 is 18.0 Å². The fraction of sp³-hybridized carbons (Fsp3) is 0.343. The Labute approximate surface area is 259 Å². The Morgan fingerprint density at radius 1 is 0.864 bits per heavy atom. The smallest absolute Gasteiger partial charge is 0.407 e. The number of esters is 1. The molecule has 44 heavy (non-hydrogen) atoms. The molecule has 0 saturated carbocycles. The van der Waals surface area contributed by atoms with Crippen molar-refractivity contribution in [2.45, 2.75) is 50.8 Å². The van der Waals surface area contributed by atoms with E-state index in [-0.39, 0.29) is 25.3 Å². The fourth-order valence-corrected chi connectivity index (χ4v) is 5.59. The number of carbonyl (C=O) groups excluding carboxylic acids is 3. The van der Waals surface area contributed by atoms with Crippen LogP contribution >= 0.6 is 0 Å². The molecule has 0 radical (unpaired) electrons. The van der Waals surface area contributed by atoms with Crippen LogP contribution in [0.15, 0.2) is 103 Å². The van der Waals surface area contributed by atoms with Crippen molar-refractivity contribution in [1.82, 2.24) is 15.5 Å². The topological polar surface area (TPSA) is 101 Å². The van der Waals surface area contributed by atoms with Gasteiger partial charge < -0.3 is 25.0 Å². The molecule has 9 nitrogen and oxygen atoms in total. The van der Waals surface area contributed by atoms with Crippen molar-refractivity contribution in [3.8, 4) is 0 Å². The van der Waals surface area contributed by atoms with E-state index in [1.54, 1.807) is 20.8 Å². The summed E-state index contributed by atoms with van der Waals surface area (Å²) in [4.78, 5) is 41.0. The first kappa shape index (κ1) is 32.3. The van der Waals surface area contributed by atoms with Crippen LogP contribution in [0.2, 0.25) is 0 Å². The van der Waals surface area contributed by atoms with Gasteiger partial charge >= 0.3 is 12.1 Å². The maximum Gasteiger partial charge on any atom is 0.407 e. The van der Waals surface area contributed by atoms with Crippen molar-refractivity contribution < 1.29 is 28.8 Å². The Kier molecular flexibility index (Phi) is 10.4. The third kappa shape index (κ3) is 7.65. The lowest BCUT2D eigenvalue weighted by Gasteiger charge is -2.42. The molecule has 9 heteroatoms. The van der Waals surface area contributed by atoms with Gasteiger partial charge in [0.25, 0.3) is 0 Å².